The number of imide groups is 1. The average molecular weight is 533 g/mol. The Morgan fingerprint density at radius 3 is 2.08 bits per heavy atom. The Kier molecular flexibility index (Phi) is 8.04. The maximum atomic E-state index is 13.1. The summed E-state index contributed by atoms with van der Waals surface area (Å²) in [6.45, 7) is 0. The summed E-state index contributed by atoms with van der Waals surface area (Å²) in [6, 6.07) is 33.0. The van der Waals surface area contributed by atoms with E-state index in [9.17, 15) is 14.4 Å². The molecule has 5 rings (SSSR count). The fraction of sp³-hybridized carbons (Fsp3) is 0.0645. The van der Waals surface area contributed by atoms with Gasteiger partial charge in [-0.25, -0.2) is 4.90 Å². The zero-order chi connectivity index (χ0) is 27.0. The molecule has 1 aliphatic heterocycles. The molecule has 192 valence electrons. The number of amides is 3. The highest BCUT2D eigenvalue weighted by Gasteiger charge is 2.40. The van der Waals surface area contributed by atoms with Gasteiger partial charge >= 0.3 is 0 Å². The molecule has 1 saturated heterocycles. The smallest absolute Gasteiger partial charge is 0.248 e. The molecule has 4 aromatic carbocycles. The summed E-state index contributed by atoms with van der Waals surface area (Å²) in [5.41, 5.74) is 3.45. The van der Waals surface area contributed by atoms with Crippen LogP contribution in [0.25, 0.3) is 6.08 Å². The third-order valence-electron chi connectivity index (χ3n) is 5.88. The second kappa shape index (κ2) is 12.1. The monoisotopic (exact) mass is 532 g/mol. The van der Waals surface area contributed by atoms with E-state index in [4.69, 9.17) is 0 Å². The first-order valence-electron chi connectivity index (χ1n) is 12.3. The van der Waals surface area contributed by atoms with E-state index in [2.05, 4.69) is 15.5 Å². The quantitative estimate of drug-likeness (QED) is 0.148. The SMILES string of the molecule is O=C(C=Cc1ccccc1)Nc1ccc(SC2CC(=O)N(c3ccc(N=Nc4ccccc4)cc3)C2=O)cc1. The largest absolute Gasteiger partial charge is 0.323 e. The maximum absolute atomic E-state index is 13.1. The first kappa shape index (κ1) is 25.8. The van der Waals surface area contributed by atoms with Crippen molar-refractivity contribution in [3.05, 3.63) is 121 Å². The number of carbonyl (C=O) groups excluding carboxylic acids is 3. The lowest BCUT2D eigenvalue weighted by Crippen LogP contribution is -2.30. The van der Waals surface area contributed by atoms with Gasteiger partial charge in [-0.3, -0.25) is 14.4 Å². The summed E-state index contributed by atoms with van der Waals surface area (Å²) >= 11 is 1.33. The Hall–Kier alpha value is -4.82. The van der Waals surface area contributed by atoms with E-state index in [0.717, 1.165) is 16.1 Å². The zero-order valence-corrected chi connectivity index (χ0v) is 21.6. The van der Waals surface area contributed by atoms with Gasteiger partial charge in [0, 0.05) is 23.1 Å². The Bertz CT molecular complexity index is 1520. The van der Waals surface area contributed by atoms with Crippen LogP contribution in [0.15, 0.2) is 130 Å². The highest BCUT2D eigenvalue weighted by Crippen LogP contribution is 2.35. The Labute approximate surface area is 230 Å². The molecule has 0 saturated carbocycles. The standard InChI is InChI=1S/C31H24N4O3S/c36-29(20-11-22-7-3-1-4-8-22)32-23-14-18-27(19-15-23)39-28-21-30(37)35(31(28)38)26-16-12-25(13-17-26)34-33-24-9-5-2-6-10-24/h1-20,28H,21H2,(H,32,36). The molecule has 4 aromatic rings. The number of benzene rings is 4. The van der Waals surface area contributed by atoms with Crippen LogP contribution in [0, 0.1) is 0 Å². The lowest BCUT2D eigenvalue weighted by molar-refractivity contribution is -0.121. The predicted molar refractivity (Wildman–Crippen MR) is 154 cm³/mol. The Morgan fingerprint density at radius 1 is 0.795 bits per heavy atom. The van der Waals surface area contributed by atoms with E-state index in [0.29, 0.717) is 17.1 Å². The lowest BCUT2D eigenvalue weighted by atomic mass is 10.2. The number of thioether (sulfide) groups is 1. The van der Waals surface area contributed by atoms with Crippen LogP contribution in [-0.2, 0) is 14.4 Å². The molecule has 3 amide bonds. The number of hydrogen-bond donors (Lipinski definition) is 1. The molecule has 0 aromatic heterocycles. The first-order valence-corrected chi connectivity index (χ1v) is 13.2. The van der Waals surface area contributed by atoms with Crippen molar-refractivity contribution in [3.8, 4) is 0 Å². The zero-order valence-electron chi connectivity index (χ0n) is 20.8. The predicted octanol–water partition coefficient (Wildman–Crippen LogP) is 7.18. The van der Waals surface area contributed by atoms with Gasteiger partial charge in [-0.15, -0.1) is 11.8 Å². The molecular formula is C31H24N4O3S. The minimum Gasteiger partial charge on any atom is -0.323 e. The molecule has 0 radical (unpaired) electrons. The third kappa shape index (κ3) is 6.74. The van der Waals surface area contributed by atoms with Crippen molar-refractivity contribution in [2.75, 3.05) is 10.2 Å². The minimum atomic E-state index is -0.524. The molecule has 0 bridgehead atoms. The number of anilines is 2. The summed E-state index contributed by atoms with van der Waals surface area (Å²) in [5.74, 6) is -0.739. The Morgan fingerprint density at radius 2 is 1.41 bits per heavy atom. The fourth-order valence-corrected chi connectivity index (χ4v) is 5.00. The number of azo groups is 1. The summed E-state index contributed by atoms with van der Waals surface area (Å²) in [4.78, 5) is 40.1. The van der Waals surface area contributed by atoms with E-state index in [1.807, 2.05) is 72.8 Å². The number of nitrogens with zero attached hydrogens (tertiary/aromatic N) is 3. The van der Waals surface area contributed by atoms with Crippen LogP contribution in [0.5, 0.6) is 0 Å². The van der Waals surface area contributed by atoms with Crippen molar-refractivity contribution in [3.63, 3.8) is 0 Å². The van der Waals surface area contributed by atoms with Gasteiger partial charge in [-0.2, -0.15) is 10.2 Å². The number of carbonyl (C=O) groups is 3. The maximum Gasteiger partial charge on any atom is 0.248 e. The van der Waals surface area contributed by atoms with Gasteiger partial charge in [-0.1, -0.05) is 48.5 Å². The Balaban J connectivity index is 1.17. The fourth-order valence-electron chi connectivity index (χ4n) is 3.95. The van der Waals surface area contributed by atoms with Crippen molar-refractivity contribution in [1.82, 2.24) is 0 Å². The molecule has 0 spiro atoms. The van der Waals surface area contributed by atoms with Crippen LogP contribution in [0.2, 0.25) is 0 Å². The van der Waals surface area contributed by atoms with E-state index < -0.39 is 5.25 Å². The van der Waals surface area contributed by atoms with Crippen LogP contribution in [-0.4, -0.2) is 23.0 Å². The number of rotatable bonds is 8. The number of hydrogen-bond acceptors (Lipinski definition) is 6. The highest BCUT2D eigenvalue weighted by atomic mass is 32.2. The van der Waals surface area contributed by atoms with Crippen LogP contribution in [0.3, 0.4) is 0 Å². The van der Waals surface area contributed by atoms with Gasteiger partial charge < -0.3 is 5.32 Å². The van der Waals surface area contributed by atoms with Gasteiger partial charge in [0.15, 0.2) is 0 Å². The van der Waals surface area contributed by atoms with Gasteiger partial charge in [-0.05, 0) is 72.3 Å². The summed E-state index contributed by atoms with van der Waals surface area (Å²) in [7, 11) is 0. The van der Waals surface area contributed by atoms with Crippen LogP contribution in [0.4, 0.5) is 22.7 Å². The number of nitrogens with one attached hydrogen (secondary N) is 1. The van der Waals surface area contributed by atoms with Crippen molar-refractivity contribution in [2.24, 2.45) is 10.2 Å². The van der Waals surface area contributed by atoms with Gasteiger partial charge in [0.1, 0.15) is 0 Å². The molecule has 1 atom stereocenters. The molecule has 39 heavy (non-hydrogen) atoms. The van der Waals surface area contributed by atoms with E-state index >= 15 is 0 Å². The van der Waals surface area contributed by atoms with Crippen molar-refractivity contribution in [2.45, 2.75) is 16.6 Å². The molecule has 1 fully saturated rings. The lowest BCUT2D eigenvalue weighted by Gasteiger charge is -2.15. The molecule has 1 N–H and O–H groups in total. The van der Waals surface area contributed by atoms with Crippen molar-refractivity contribution < 1.29 is 14.4 Å². The molecule has 1 aliphatic rings. The second-order valence-electron chi connectivity index (χ2n) is 8.69. The van der Waals surface area contributed by atoms with Crippen molar-refractivity contribution in [1.29, 1.82) is 0 Å². The van der Waals surface area contributed by atoms with E-state index in [1.165, 1.54) is 22.7 Å². The molecule has 0 aliphatic carbocycles. The molecule has 8 heteroatoms. The van der Waals surface area contributed by atoms with Crippen molar-refractivity contribution >= 4 is 58.3 Å². The molecule has 1 heterocycles. The summed E-state index contributed by atoms with van der Waals surface area (Å²) < 4.78 is 0. The van der Waals surface area contributed by atoms with Crippen LogP contribution < -0.4 is 10.2 Å². The van der Waals surface area contributed by atoms with Crippen LogP contribution >= 0.6 is 11.8 Å². The molecule has 7 nitrogen and oxygen atoms in total. The topological polar surface area (TPSA) is 91.2 Å². The summed E-state index contributed by atoms with van der Waals surface area (Å²) in [6.07, 6.45) is 3.34. The third-order valence-corrected chi connectivity index (χ3v) is 7.07. The summed E-state index contributed by atoms with van der Waals surface area (Å²) in [5, 5.41) is 10.7. The van der Waals surface area contributed by atoms with Gasteiger partial charge in [0.2, 0.25) is 17.7 Å². The van der Waals surface area contributed by atoms with E-state index in [1.54, 1.807) is 42.5 Å². The molecular weight excluding hydrogens is 508 g/mol. The molecule has 1 unspecified atom stereocenters. The van der Waals surface area contributed by atoms with Crippen LogP contribution in [0.1, 0.15) is 12.0 Å². The average Bonchev–Trinajstić information content (AvgIpc) is 3.25. The minimum absolute atomic E-state index is 0.113. The normalized spacial score (nSPS) is 15.4. The van der Waals surface area contributed by atoms with E-state index in [-0.39, 0.29) is 24.1 Å². The van der Waals surface area contributed by atoms with Gasteiger partial charge in [0.05, 0.1) is 22.3 Å². The van der Waals surface area contributed by atoms with Gasteiger partial charge in [0.25, 0.3) is 0 Å². The highest BCUT2D eigenvalue weighted by molar-refractivity contribution is 8.00. The first-order chi connectivity index (χ1) is 19.0. The second-order valence-corrected chi connectivity index (χ2v) is 9.96.